The van der Waals surface area contributed by atoms with Crippen molar-refractivity contribution in [1.82, 2.24) is 25.6 Å². The lowest BCUT2D eigenvalue weighted by atomic mass is 9.98. The van der Waals surface area contributed by atoms with Gasteiger partial charge in [0.1, 0.15) is 0 Å². The molecule has 0 radical (unpaired) electrons. The van der Waals surface area contributed by atoms with E-state index >= 15 is 0 Å². The summed E-state index contributed by atoms with van der Waals surface area (Å²) in [5.74, 6) is 0.594. The second-order valence-electron chi connectivity index (χ2n) is 7.61. The van der Waals surface area contributed by atoms with E-state index in [-0.39, 0.29) is 0 Å². The molecule has 2 aromatic heterocycles. The normalized spacial score (nSPS) is 11.0. The van der Waals surface area contributed by atoms with Crippen LogP contribution < -0.4 is 5.32 Å². The molecular weight excluding hydrogens is 384 g/mol. The minimum absolute atomic E-state index is 0.594. The number of H-pyrrole nitrogens is 1. The van der Waals surface area contributed by atoms with Gasteiger partial charge >= 0.3 is 0 Å². The van der Waals surface area contributed by atoms with Gasteiger partial charge in [0.05, 0.1) is 5.52 Å². The molecule has 152 valence electrons. The molecule has 2 N–H and O–H groups in total. The maximum Gasteiger partial charge on any atom is 0.205 e. The average Bonchev–Trinajstić information content (AvgIpc) is 3.33. The summed E-state index contributed by atoms with van der Waals surface area (Å²) >= 11 is 0. The molecule has 3 aromatic carbocycles. The third-order valence-corrected chi connectivity index (χ3v) is 5.43. The first-order valence-corrected chi connectivity index (χ1v) is 10.2. The summed E-state index contributed by atoms with van der Waals surface area (Å²) in [6.07, 6.45) is 0. The monoisotopic (exact) mass is 406 g/mol. The highest BCUT2D eigenvalue weighted by Gasteiger charge is 2.11. The Morgan fingerprint density at radius 2 is 1.68 bits per heavy atom. The molecule has 31 heavy (non-hydrogen) atoms. The first kappa shape index (κ1) is 18.9. The zero-order chi connectivity index (χ0) is 21.2. The van der Waals surface area contributed by atoms with Gasteiger partial charge in [-0.2, -0.15) is 5.21 Å². The lowest BCUT2D eigenvalue weighted by Gasteiger charge is -2.13. The minimum atomic E-state index is 0.594. The quantitative estimate of drug-likeness (QED) is 0.413. The Hall–Kier alpha value is -4.06. The molecule has 0 amide bonds. The molecule has 0 aliphatic carbocycles. The first-order valence-electron chi connectivity index (χ1n) is 10.2. The molecule has 0 atom stereocenters. The molecule has 0 saturated heterocycles. The highest BCUT2D eigenvalue weighted by Crippen LogP contribution is 2.30. The van der Waals surface area contributed by atoms with Crippen LogP contribution >= 0.6 is 0 Å². The number of pyridine rings is 1. The van der Waals surface area contributed by atoms with E-state index in [9.17, 15) is 0 Å². The second-order valence-corrected chi connectivity index (χ2v) is 7.61. The number of hydrogen-bond acceptors (Lipinski definition) is 5. The fourth-order valence-electron chi connectivity index (χ4n) is 3.87. The summed E-state index contributed by atoms with van der Waals surface area (Å²) < 4.78 is 0. The molecule has 6 heteroatoms. The van der Waals surface area contributed by atoms with E-state index in [2.05, 4.69) is 87.5 Å². The van der Waals surface area contributed by atoms with E-state index in [4.69, 9.17) is 4.98 Å². The number of tetrazole rings is 1. The number of aromatic nitrogens is 5. The fraction of sp³-hybridized carbons (Fsp3) is 0.120. The van der Waals surface area contributed by atoms with Crippen molar-refractivity contribution >= 4 is 16.6 Å². The first-order chi connectivity index (χ1) is 15.2. The standard InChI is InChI=1S/C25H22N6/c1-16-6-5-9-22-23(14-17(2)27-24(16)22)26-15-18-10-12-19(13-11-18)20-7-3-4-8-21(20)25-28-30-31-29-25/h3-14H,15H2,1-2H3,(H,26,27)(H,28,29,30,31). The van der Waals surface area contributed by atoms with Crippen LogP contribution in [0.5, 0.6) is 0 Å². The Bertz CT molecular complexity index is 1340. The van der Waals surface area contributed by atoms with Crippen molar-refractivity contribution < 1.29 is 0 Å². The highest BCUT2D eigenvalue weighted by molar-refractivity contribution is 5.93. The molecule has 2 heterocycles. The van der Waals surface area contributed by atoms with E-state index in [1.807, 2.05) is 25.1 Å². The van der Waals surface area contributed by atoms with Crippen LogP contribution in [0.1, 0.15) is 16.8 Å². The Balaban J connectivity index is 1.40. The number of anilines is 1. The van der Waals surface area contributed by atoms with Crippen LogP contribution in [0.4, 0.5) is 5.69 Å². The smallest absolute Gasteiger partial charge is 0.205 e. The van der Waals surface area contributed by atoms with E-state index in [1.54, 1.807) is 0 Å². The van der Waals surface area contributed by atoms with Crippen LogP contribution in [0.25, 0.3) is 33.4 Å². The van der Waals surface area contributed by atoms with Gasteiger partial charge in [0.15, 0.2) is 0 Å². The summed E-state index contributed by atoms with van der Waals surface area (Å²) in [5.41, 5.74) is 8.72. The second kappa shape index (κ2) is 7.99. The summed E-state index contributed by atoms with van der Waals surface area (Å²) in [5, 5.41) is 19.2. The number of fused-ring (bicyclic) bond motifs is 1. The van der Waals surface area contributed by atoms with Crippen LogP contribution in [0.15, 0.2) is 72.8 Å². The number of benzene rings is 3. The van der Waals surface area contributed by atoms with E-state index in [0.29, 0.717) is 5.82 Å². The summed E-state index contributed by atoms with van der Waals surface area (Å²) in [6, 6.07) is 25.1. The van der Waals surface area contributed by atoms with Gasteiger partial charge in [-0.05, 0) is 47.4 Å². The van der Waals surface area contributed by atoms with Gasteiger partial charge in [0.2, 0.25) is 5.82 Å². The lowest BCUT2D eigenvalue weighted by Crippen LogP contribution is -2.02. The lowest BCUT2D eigenvalue weighted by molar-refractivity contribution is 0.881. The number of hydrogen-bond donors (Lipinski definition) is 2. The predicted octanol–water partition coefficient (Wildman–Crippen LogP) is 5.31. The summed E-state index contributed by atoms with van der Waals surface area (Å²) in [4.78, 5) is 4.71. The van der Waals surface area contributed by atoms with Crippen molar-refractivity contribution in [2.45, 2.75) is 20.4 Å². The third-order valence-electron chi connectivity index (χ3n) is 5.43. The summed E-state index contributed by atoms with van der Waals surface area (Å²) in [7, 11) is 0. The van der Waals surface area contributed by atoms with Gasteiger partial charge in [-0.1, -0.05) is 66.7 Å². The maximum atomic E-state index is 4.71. The number of aryl methyl sites for hydroxylation is 2. The number of aromatic amines is 1. The Labute approximate surface area is 180 Å². The molecule has 0 aliphatic rings. The van der Waals surface area contributed by atoms with Gasteiger partial charge in [-0.25, -0.2) is 0 Å². The van der Waals surface area contributed by atoms with Crippen LogP contribution in [-0.2, 0) is 6.54 Å². The zero-order valence-electron chi connectivity index (χ0n) is 17.4. The SMILES string of the molecule is Cc1cc(NCc2ccc(-c3ccccc3-c3nn[nH]n3)cc2)c2cccc(C)c2n1. The topological polar surface area (TPSA) is 79.4 Å². The molecule has 6 nitrogen and oxygen atoms in total. The zero-order valence-corrected chi connectivity index (χ0v) is 17.4. The van der Waals surface area contributed by atoms with Crippen molar-refractivity contribution in [3.05, 3.63) is 89.6 Å². The van der Waals surface area contributed by atoms with Crippen LogP contribution in [-0.4, -0.2) is 25.6 Å². The fourth-order valence-corrected chi connectivity index (χ4v) is 3.87. The van der Waals surface area contributed by atoms with Crippen molar-refractivity contribution in [2.75, 3.05) is 5.32 Å². The Morgan fingerprint density at radius 3 is 2.45 bits per heavy atom. The molecule has 0 aliphatic heterocycles. The van der Waals surface area contributed by atoms with Crippen LogP contribution in [0.2, 0.25) is 0 Å². The largest absolute Gasteiger partial charge is 0.380 e. The van der Waals surface area contributed by atoms with Crippen molar-refractivity contribution in [1.29, 1.82) is 0 Å². The maximum absolute atomic E-state index is 4.71. The van der Waals surface area contributed by atoms with Gasteiger partial charge in [-0.3, -0.25) is 4.98 Å². The molecule has 0 saturated carbocycles. The molecule has 5 rings (SSSR count). The highest BCUT2D eigenvalue weighted by atomic mass is 15.5. The molecule has 0 fully saturated rings. The van der Waals surface area contributed by atoms with E-state index in [1.165, 1.54) is 11.1 Å². The van der Waals surface area contributed by atoms with Gasteiger partial charge in [0, 0.05) is 28.9 Å². The average molecular weight is 406 g/mol. The molecule has 0 unspecified atom stereocenters. The van der Waals surface area contributed by atoms with Gasteiger partial charge in [0.25, 0.3) is 0 Å². The number of para-hydroxylation sites is 1. The van der Waals surface area contributed by atoms with Crippen LogP contribution in [0.3, 0.4) is 0 Å². The number of nitrogens with one attached hydrogen (secondary N) is 2. The number of nitrogens with zero attached hydrogens (tertiary/aromatic N) is 4. The molecule has 5 aromatic rings. The molecule has 0 bridgehead atoms. The van der Waals surface area contributed by atoms with Gasteiger partial charge in [-0.15, -0.1) is 10.2 Å². The number of rotatable bonds is 5. The molecule has 0 spiro atoms. The predicted molar refractivity (Wildman–Crippen MR) is 124 cm³/mol. The van der Waals surface area contributed by atoms with Crippen LogP contribution in [0, 0.1) is 13.8 Å². The summed E-state index contributed by atoms with van der Waals surface area (Å²) in [6.45, 7) is 4.87. The van der Waals surface area contributed by atoms with Gasteiger partial charge < -0.3 is 5.32 Å². The Morgan fingerprint density at radius 1 is 0.871 bits per heavy atom. The van der Waals surface area contributed by atoms with E-state index in [0.717, 1.165) is 45.5 Å². The van der Waals surface area contributed by atoms with Crippen molar-refractivity contribution in [3.8, 4) is 22.5 Å². The Kier molecular flexibility index (Phi) is 4.88. The van der Waals surface area contributed by atoms with Crippen molar-refractivity contribution in [2.24, 2.45) is 0 Å². The van der Waals surface area contributed by atoms with E-state index < -0.39 is 0 Å². The van der Waals surface area contributed by atoms with Crippen molar-refractivity contribution in [3.63, 3.8) is 0 Å². The minimum Gasteiger partial charge on any atom is -0.380 e. The molecular formula is C25H22N6. The third kappa shape index (κ3) is 3.75.